The summed E-state index contributed by atoms with van der Waals surface area (Å²) in [5.74, 6) is 2.80. The zero-order valence-electron chi connectivity index (χ0n) is 12.1. The van der Waals surface area contributed by atoms with Crippen LogP contribution >= 0.6 is 11.8 Å². The molecule has 0 aliphatic carbocycles. The number of aryl methyl sites for hydroxylation is 1. The molecule has 2 heterocycles. The monoisotopic (exact) mass is 281 g/mol. The Kier molecular flexibility index (Phi) is 4.91. The molecule has 0 bridgehead atoms. The van der Waals surface area contributed by atoms with Crippen molar-refractivity contribution in [2.45, 2.75) is 33.7 Å². The van der Waals surface area contributed by atoms with Gasteiger partial charge < -0.3 is 4.90 Å². The van der Waals surface area contributed by atoms with Gasteiger partial charge in [-0.3, -0.25) is 9.48 Å². The van der Waals surface area contributed by atoms with Crippen LogP contribution in [0.1, 0.15) is 37.0 Å². The molecule has 1 aromatic rings. The average molecular weight is 281 g/mol. The normalized spacial score (nSPS) is 16.1. The second-order valence-corrected chi connectivity index (χ2v) is 6.56. The molecule has 1 amide bonds. The highest BCUT2D eigenvalue weighted by molar-refractivity contribution is 7.99. The number of hydrogen-bond donors (Lipinski definition) is 0. The SMILES string of the molecule is CCn1nc(CC(C)C)cc1C(=O)N1CCSCC1. The predicted molar refractivity (Wildman–Crippen MR) is 79.7 cm³/mol. The van der Waals surface area contributed by atoms with Crippen LogP contribution in [0.15, 0.2) is 6.07 Å². The smallest absolute Gasteiger partial charge is 0.272 e. The first-order valence-electron chi connectivity index (χ1n) is 7.05. The topological polar surface area (TPSA) is 38.1 Å². The van der Waals surface area contributed by atoms with Crippen LogP contribution < -0.4 is 0 Å². The number of amides is 1. The molecule has 1 fully saturated rings. The summed E-state index contributed by atoms with van der Waals surface area (Å²) >= 11 is 1.92. The molecule has 1 saturated heterocycles. The van der Waals surface area contributed by atoms with Crippen molar-refractivity contribution in [2.75, 3.05) is 24.6 Å². The van der Waals surface area contributed by atoms with Crippen LogP contribution in [-0.4, -0.2) is 45.2 Å². The van der Waals surface area contributed by atoms with E-state index in [9.17, 15) is 4.79 Å². The number of carbonyl (C=O) groups excluding carboxylic acids is 1. The summed E-state index contributed by atoms with van der Waals surface area (Å²) in [6, 6.07) is 1.98. The second-order valence-electron chi connectivity index (χ2n) is 5.34. The maximum absolute atomic E-state index is 12.5. The summed E-state index contributed by atoms with van der Waals surface area (Å²) in [6.45, 7) is 8.86. The van der Waals surface area contributed by atoms with Crippen molar-refractivity contribution in [3.8, 4) is 0 Å². The zero-order chi connectivity index (χ0) is 13.8. The number of rotatable bonds is 4. The van der Waals surface area contributed by atoms with Gasteiger partial charge in [0.25, 0.3) is 5.91 Å². The Balaban J connectivity index is 2.17. The van der Waals surface area contributed by atoms with E-state index in [0.717, 1.165) is 48.9 Å². The molecule has 1 aromatic heterocycles. The molecule has 5 heteroatoms. The lowest BCUT2D eigenvalue weighted by atomic mass is 10.1. The first kappa shape index (κ1) is 14.4. The Bertz CT molecular complexity index is 436. The van der Waals surface area contributed by atoms with Gasteiger partial charge in [-0.05, 0) is 25.3 Å². The van der Waals surface area contributed by atoms with Crippen LogP contribution in [0.4, 0.5) is 0 Å². The van der Waals surface area contributed by atoms with E-state index in [4.69, 9.17) is 0 Å². The van der Waals surface area contributed by atoms with Crippen LogP contribution in [-0.2, 0) is 13.0 Å². The molecule has 0 N–H and O–H groups in total. The van der Waals surface area contributed by atoms with E-state index in [1.54, 1.807) is 0 Å². The fraction of sp³-hybridized carbons (Fsp3) is 0.714. The van der Waals surface area contributed by atoms with Crippen LogP contribution in [0.25, 0.3) is 0 Å². The average Bonchev–Trinajstić information content (AvgIpc) is 2.81. The van der Waals surface area contributed by atoms with Crippen molar-refractivity contribution in [2.24, 2.45) is 5.92 Å². The molecular weight excluding hydrogens is 258 g/mol. The molecular formula is C14H23N3OS. The van der Waals surface area contributed by atoms with Crippen molar-refractivity contribution in [3.05, 3.63) is 17.5 Å². The summed E-state index contributed by atoms with van der Waals surface area (Å²) in [7, 11) is 0. The lowest BCUT2D eigenvalue weighted by molar-refractivity contribution is 0.0760. The molecule has 1 aliphatic heterocycles. The molecule has 2 rings (SSSR count). The van der Waals surface area contributed by atoms with Gasteiger partial charge in [-0.15, -0.1) is 0 Å². The first-order valence-corrected chi connectivity index (χ1v) is 8.21. The summed E-state index contributed by atoms with van der Waals surface area (Å²) in [5.41, 5.74) is 1.79. The highest BCUT2D eigenvalue weighted by Gasteiger charge is 2.22. The predicted octanol–water partition coefficient (Wildman–Crippen LogP) is 2.29. The van der Waals surface area contributed by atoms with E-state index in [1.165, 1.54) is 0 Å². The van der Waals surface area contributed by atoms with Gasteiger partial charge in [-0.2, -0.15) is 16.9 Å². The Morgan fingerprint density at radius 3 is 2.68 bits per heavy atom. The largest absolute Gasteiger partial charge is 0.336 e. The van der Waals surface area contributed by atoms with Gasteiger partial charge in [-0.25, -0.2) is 0 Å². The van der Waals surface area contributed by atoms with Crippen molar-refractivity contribution in [3.63, 3.8) is 0 Å². The molecule has 19 heavy (non-hydrogen) atoms. The number of thioether (sulfide) groups is 1. The van der Waals surface area contributed by atoms with Crippen molar-refractivity contribution in [1.29, 1.82) is 0 Å². The number of carbonyl (C=O) groups is 1. The molecule has 4 nitrogen and oxygen atoms in total. The highest BCUT2D eigenvalue weighted by atomic mass is 32.2. The van der Waals surface area contributed by atoms with Gasteiger partial charge in [0.1, 0.15) is 5.69 Å². The van der Waals surface area contributed by atoms with E-state index in [1.807, 2.05) is 34.3 Å². The van der Waals surface area contributed by atoms with Crippen molar-refractivity contribution < 1.29 is 4.79 Å². The summed E-state index contributed by atoms with van der Waals surface area (Å²) in [6.07, 6.45) is 0.934. The molecule has 0 aromatic carbocycles. The lowest BCUT2D eigenvalue weighted by Gasteiger charge is -2.26. The van der Waals surface area contributed by atoms with Crippen molar-refractivity contribution in [1.82, 2.24) is 14.7 Å². The van der Waals surface area contributed by atoms with Crippen LogP contribution in [0.3, 0.4) is 0 Å². The molecule has 106 valence electrons. The minimum atomic E-state index is 0.143. The van der Waals surface area contributed by atoms with Gasteiger partial charge in [0, 0.05) is 31.1 Å². The number of aromatic nitrogens is 2. The highest BCUT2D eigenvalue weighted by Crippen LogP contribution is 2.15. The third-order valence-electron chi connectivity index (χ3n) is 3.26. The Morgan fingerprint density at radius 2 is 2.11 bits per heavy atom. The molecule has 1 aliphatic rings. The van der Waals surface area contributed by atoms with E-state index in [0.29, 0.717) is 5.92 Å². The van der Waals surface area contributed by atoms with E-state index < -0.39 is 0 Å². The van der Waals surface area contributed by atoms with Crippen LogP contribution in [0, 0.1) is 5.92 Å². The summed E-state index contributed by atoms with van der Waals surface area (Å²) < 4.78 is 1.85. The second kappa shape index (κ2) is 6.46. The van der Waals surface area contributed by atoms with Gasteiger partial charge >= 0.3 is 0 Å². The minimum Gasteiger partial charge on any atom is -0.336 e. The van der Waals surface area contributed by atoms with Crippen molar-refractivity contribution >= 4 is 17.7 Å². The maximum atomic E-state index is 12.5. The molecule has 0 saturated carbocycles. The van der Waals surface area contributed by atoms with Crippen LogP contribution in [0.5, 0.6) is 0 Å². The number of nitrogens with zero attached hydrogens (tertiary/aromatic N) is 3. The minimum absolute atomic E-state index is 0.143. The Labute approximate surface area is 119 Å². The molecule has 0 unspecified atom stereocenters. The standard InChI is InChI=1S/C14H23N3OS/c1-4-17-13(10-12(15-17)9-11(2)3)14(18)16-5-7-19-8-6-16/h10-11H,4-9H2,1-3H3. The number of hydrogen-bond acceptors (Lipinski definition) is 3. The van der Waals surface area contributed by atoms with E-state index in [-0.39, 0.29) is 5.91 Å². The van der Waals surface area contributed by atoms with Gasteiger partial charge in [-0.1, -0.05) is 13.8 Å². The lowest BCUT2D eigenvalue weighted by Crippen LogP contribution is -2.38. The van der Waals surface area contributed by atoms with Gasteiger partial charge in [0.15, 0.2) is 0 Å². The molecule has 0 atom stereocenters. The third-order valence-corrected chi connectivity index (χ3v) is 4.21. The van der Waals surface area contributed by atoms with Gasteiger partial charge in [0.05, 0.1) is 5.69 Å². The summed E-state index contributed by atoms with van der Waals surface area (Å²) in [5, 5.41) is 4.55. The summed E-state index contributed by atoms with van der Waals surface area (Å²) in [4.78, 5) is 14.5. The quantitative estimate of drug-likeness (QED) is 0.850. The third kappa shape index (κ3) is 3.53. The molecule has 0 radical (unpaired) electrons. The van der Waals surface area contributed by atoms with E-state index in [2.05, 4.69) is 18.9 Å². The first-order chi connectivity index (χ1) is 9.11. The van der Waals surface area contributed by atoms with Crippen LogP contribution in [0.2, 0.25) is 0 Å². The van der Waals surface area contributed by atoms with E-state index >= 15 is 0 Å². The van der Waals surface area contributed by atoms with Gasteiger partial charge in [0.2, 0.25) is 0 Å². The fourth-order valence-corrected chi connectivity index (χ4v) is 3.23. The Hall–Kier alpha value is -0.970. The fourth-order valence-electron chi connectivity index (χ4n) is 2.33. The Morgan fingerprint density at radius 1 is 1.42 bits per heavy atom. The maximum Gasteiger partial charge on any atom is 0.272 e. The molecule has 0 spiro atoms. The zero-order valence-corrected chi connectivity index (χ0v) is 12.9.